The van der Waals surface area contributed by atoms with Gasteiger partial charge >= 0.3 is 6.03 Å². The first kappa shape index (κ1) is 17.5. The highest BCUT2D eigenvalue weighted by molar-refractivity contribution is 6.30. The molecular weight excluding hydrogens is 336 g/mol. The molecule has 0 aliphatic carbocycles. The van der Waals surface area contributed by atoms with Crippen LogP contribution in [0, 0.1) is 0 Å². The van der Waals surface area contributed by atoms with E-state index in [0.717, 1.165) is 36.5 Å². The maximum Gasteiger partial charge on any atom is 0.315 e. The topological polar surface area (TPSA) is 57.3 Å². The number of halogens is 1. The highest BCUT2D eigenvalue weighted by atomic mass is 35.5. The van der Waals surface area contributed by atoms with Crippen LogP contribution in [0.25, 0.3) is 0 Å². The first-order chi connectivity index (χ1) is 12.2. The summed E-state index contributed by atoms with van der Waals surface area (Å²) in [5.74, 6) is 1.02. The van der Waals surface area contributed by atoms with Crippen LogP contribution in [-0.2, 0) is 13.0 Å². The number of aromatic nitrogens is 1. The molecule has 5 nitrogen and oxygen atoms in total. The Morgan fingerprint density at radius 2 is 1.96 bits per heavy atom. The number of anilines is 1. The van der Waals surface area contributed by atoms with Crippen molar-refractivity contribution in [2.45, 2.75) is 25.8 Å². The molecule has 0 spiro atoms. The van der Waals surface area contributed by atoms with Crippen molar-refractivity contribution in [3.63, 3.8) is 0 Å². The molecular formula is C19H23ClN4O. The first-order valence-electron chi connectivity index (χ1n) is 8.67. The minimum Gasteiger partial charge on any atom is -0.357 e. The Morgan fingerprint density at radius 3 is 2.68 bits per heavy atom. The van der Waals surface area contributed by atoms with E-state index in [2.05, 4.69) is 20.5 Å². The van der Waals surface area contributed by atoms with Crippen LogP contribution in [0.3, 0.4) is 0 Å². The van der Waals surface area contributed by atoms with Crippen molar-refractivity contribution in [2.24, 2.45) is 0 Å². The minimum absolute atomic E-state index is 0.175. The number of rotatable bonds is 6. The summed E-state index contributed by atoms with van der Waals surface area (Å²) < 4.78 is 0. The van der Waals surface area contributed by atoms with E-state index >= 15 is 0 Å². The maximum atomic E-state index is 11.9. The Hall–Kier alpha value is -2.27. The normalized spacial score (nSPS) is 13.7. The van der Waals surface area contributed by atoms with Gasteiger partial charge in [-0.25, -0.2) is 9.78 Å². The third kappa shape index (κ3) is 5.36. The number of carbonyl (C=O) groups excluding carboxylic acids is 1. The predicted octanol–water partition coefficient (Wildman–Crippen LogP) is 3.38. The van der Waals surface area contributed by atoms with Crippen LogP contribution in [0.2, 0.25) is 5.02 Å². The Kier molecular flexibility index (Phi) is 6.12. The summed E-state index contributed by atoms with van der Waals surface area (Å²) in [6, 6.07) is 11.5. The van der Waals surface area contributed by atoms with Crippen molar-refractivity contribution < 1.29 is 4.79 Å². The second-order valence-corrected chi connectivity index (χ2v) is 6.64. The predicted molar refractivity (Wildman–Crippen MR) is 101 cm³/mol. The number of carbonyl (C=O) groups is 1. The van der Waals surface area contributed by atoms with Gasteiger partial charge in [0.15, 0.2) is 0 Å². The van der Waals surface area contributed by atoms with Gasteiger partial charge in [-0.15, -0.1) is 0 Å². The molecule has 1 fully saturated rings. The molecule has 2 aromatic rings. The van der Waals surface area contributed by atoms with Crippen LogP contribution in [0.4, 0.5) is 10.6 Å². The molecule has 2 heterocycles. The molecule has 0 saturated carbocycles. The van der Waals surface area contributed by atoms with Gasteiger partial charge in [-0.1, -0.05) is 29.8 Å². The van der Waals surface area contributed by atoms with Crippen LogP contribution < -0.4 is 15.5 Å². The molecule has 1 aromatic heterocycles. The van der Waals surface area contributed by atoms with Gasteiger partial charge < -0.3 is 15.5 Å². The molecule has 3 rings (SSSR count). The van der Waals surface area contributed by atoms with E-state index in [1.807, 2.05) is 42.6 Å². The van der Waals surface area contributed by atoms with Gasteiger partial charge in [0.2, 0.25) is 0 Å². The molecule has 1 aliphatic heterocycles. The van der Waals surface area contributed by atoms with Crippen molar-refractivity contribution in [1.82, 2.24) is 15.6 Å². The van der Waals surface area contributed by atoms with Crippen molar-refractivity contribution in [1.29, 1.82) is 0 Å². The lowest BCUT2D eigenvalue weighted by Gasteiger charge is -2.16. The lowest BCUT2D eigenvalue weighted by molar-refractivity contribution is 0.240. The Morgan fingerprint density at radius 1 is 1.12 bits per heavy atom. The summed E-state index contributed by atoms with van der Waals surface area (Å²) in [6.07, 6.45) is 5.06. The fourth-order valence-corrected chi connectivity index (χ4v) is 3.13. The van der Waals surface area contributed by atoms with Crippen molar-refractivity contribution in [3.05, 3.63) is 58.7 Å². The zero-order valence-corrected chi connectivity index (χ0v) is 14.9. The van der Waals surface area contributed by atoms with Gasteiger partial charge in [-0.3, -0.25) is 0 Å². The number of pyridine rings is 1. The summed E-state index contributed by atoms with van der Waals surface area (Å²) in [6.45, 7) is 3.20. The van der Waals surface area contributed by atoms with E-state index < -0.39 is 0 Å². The van der Waals surface area contributed by atoms with Gasteiger partial charge in [-0.2, -0.15) is 0 Å². The van der Waals surface area contributed by atoms with E-state index in [4.69, 9.17) is 11.6 Å². The maximum absolute atomic E-state index is 11.9. The van der Waals surface area contributed by atoms with Gasteiger partial charge in [0.05, 0.1) is 0 Å². The first-order valence-corrected chi connectivity index (χ1v) is 9.04. The molecule has 0 bridgehead atoms. The number of amides is 2. The Bertz CT molecular complexity index is 699. The highest BCUT2D eigenvalue weighted by Gasteiger charge is 2.13. The van der Waals surface area contributed by atoms with E-state index in [1.165, 1.54) is 12.8 Å². The summed E-state index contributed by atoms with van der Waals surface area (Å²) in [5.41, 5.74) is 2.10. The van der Waals surface area contributed by atoms with Crippen LogP contribution in [-0.4, -0.2) is 30.6 Å². The third-order valence-electron chi connectivity index (χ3n) is 4.28. The van der Waals surface area contributed by atoms with Crippen molar-refractivity contribution in [2.75, 3.05) is 24.5 Å². The molecule has 2 amide bonds. The molecule has 1 aromatic carbocycles. The van der Waals surface area contributed by atoms with Gasteiger partial charge in [0, 0.05) is 37.4 Å². The molecule has 6 heteroatoms. The second kappa shape index (κ2) is 8.72. The number of hydrogen-bond donors (Lipinski definition) is 2. The number of benzene rings is 1. The van der Waals surface area contributed by atoms with Crippen LogP contribution >= 0.6 is 11.6 Å². The fraction of sp³-hybridized carbons (Fsp3) is 0.368. The van der Waals surface area contributed by atoms with Gasteiger partial charge in [0.1, 0.15) is 5.82 Å². The molecule has 0 atom stereocenters. The smallest absolute Gasteiger partial charge is 0.315 e. The van der Waals surface area contributed by atoms with Crippen LogP contribution in [0.5, 0.6) is 0 Å². The summed E-state index contributed by atoms with van der Waals surface area (Å²) >= 11 is 5.95. The van der Waals surface area contributed by atoms with Crippen LogP contribution in [0.1, 0.15) is 24.0 Å². The molecule has 1 aliphatic rings. The zero-order valence-electron chi connectivity index (χ0n) is 14.2. The van der Waals surface area contributed by atoms with Crippen molar-refractivity contribution in [3.8, 4) is 0 Å². The average molecular weight is 359 g/mol. The Labute approximate surface area is 153 Å². The number of nitrogens with zero attached hydrogens (tertiary/aromatic N) is 2. The molecule has 132 valence electrons. The van der Waals surface area contributed by atoms with E-state index in [9.17, 15) is 4.79 Å². The number of nitrogens with one attached hydrogen (secondary N) is 2. The monoisotopic (exact) mass is 358 g/mol. The van der Waals surface area contributed by atoms with Crippen molar-refractivity contribution >= 4 is 23.4 Å². The lowest BCUT2D eigenvalue weighted by Crippen LogP contribution is -2.36. The van der Waals surface area contributed by atoms with Gasteiger partial charge in [-0.05, 0) is 48.6 Å². The molecule has 25 heavy (non-hydrogen) atoms. The zero-order chi connectivity index (χ0) is 17.5. The lowest BCUT2D eigenvalue weighted by atomic mass is 10.1. The molecule has 1 saturated heterocycles. The average Bonchev–Trinajstić information content (AvgIpc) is 3.15. The highest BCUT2D eigenvalue weighted by Crippen LogP contribution is 2.17. The molecule has 0 radical (unpaired) electrons. The minimum atomic E-state index is -0.175. The third-order valence-corrected chi connectivity index (χ3v) is 4.52. The largest absolute Gasteiger partial charge is 0.357 e. The van der Waals surface area contributed by atoms with E-state index in [0.29, 0.717) is 18.1 Å². The quantitative estimate of drug-likeness (QED) is 0.832. The number of urea groups is 1. The number of hydrogen-bond acceptors (Lipinski definition) is 3. The van der Waals surface area contributed by atoms with E-state index in [-0.39, 0.29) is 6.03 Å². The summed E-state index contributed by atoms with van der Waals surface area (Å²) in [4.78, 5) is 18.7. The summed E-state index contributed by atoms with van der Waals surface area (Å²) in [7, 11) is 0. The Balaban J connectivity index is 1.38. The SMILES string of the molecule is O=C(NCCc1cccc(Cl)c1)NCc1ccc(N2CCCC2)nc1. The van der Waals surface area contributed by atoms with E-state index in [1.54, 1.807) is 0 Å². The van der Waals surface area contributed by atoms with Crippen LogP contribution in [0.15, 0.2) is 42.6 Å². The van der Waals surface area contributed by atoms with Gasteiger partial charge in [0.25, 0.3) is 0 Å². The molecule has 2 N–H and O–H groups in total. The second-order valence-electron chi connectivity index (χ2n) is 6.21. The fourth-order valence-electron chi connectivity index (χ4n) is 2.91. The molecule has 0 unspecified atom stereocenters. The standard InChI is InChI=1S/C19H23ClN4O/c20-17-5-3-4-15(12-17)8-9-21-19(25)23-14-16-6-7-18(22-13-16)24-10-1-2-11-24/h3-7,12-13H,1-2,8-11,14H2,(H2,21,23,25). The summed E-state index contributed by atoms with van der Waals surface area (Å²) in [5, 5.41) is 6.43.